The third kappa shape index (κ3) is 5.90. The van der Waals surface area contributed by atoms with Gasteiger partial charge in [-0.25, -0.2) is 0 Å². The van der Waals surface area contributed by atoms with E-state index in [1.807, 2.05) is 37.4 Å². The molecule has 0 aliphatic rings. The van der Waals surface area contributed by atoms with E-state index in [4.69, 9.17) is 4.74 Å². The van der Waals surface area contributed by atoms with Crippen molar-refractivity contribution in [1.82, 2.24) is 0 Å². The Morgan fingerprint density at radius 3 is 2.43 bits per heavy atom. The summed E-state index contributed by atoms with van der Waals surface area (Å²) >= 11 is 0. The minimum atomic E-state index is 0.664. The van der Waals surface area contributed by atoms with Gasteiger partial charge in [0.15, 0.2) is 0 Å². The fourth-order valence-corrected chi connectivity index (χ4v) is 2.52. The van der Waals surface area contributed by atoms with Crippen LogP contribution in [-0.4, -0.2) is 12.8 Å². The normalized spacial score (nSPS) is 11.0. The molecule has 0 N–H and O–H groups in total. The van der Waals surface area contributed by atoms with E-state index >= 15 is 0 Å². The Morgan fingerprint density at radius 1 is 0.913 bits per heavy atom. The summed E-state index contributed by atoms with van der Waals surface area (Å²) in [6.45, 7) is 4.90. The van der Waals surface area contributed by atoms with Gasteiger partial charge in [-0.2, -0.15) is 0 Å². The van der Waals surface area contributed by atoms with Gasteiger partial charge in [0.1, 0.15) is 5.75 Å². The quantitative estimate of drug-likeness (QED) is 0.414. The predicted molar refractivity (Wildman–Crippen MR) is 99.2 cm³/mol. The van der Waals surface area contributed by atoms with E-state index in [1.54, 1.807) is 0 Å². The average molecular weight is 309 g/mol. The summed E-state index contributed by atoms with van der Waals surface area (Å²) in [5.74, 6) is 0.881. The lowest BCUT2D eigenvalue weighted by atomic mass is 10.1. The van der Waals surface area contributed by atoms with E-state index in [1.165, 1.54) is 31.2 Å². The van der Waals surface area contributed by atoms with Gasteiger partial charge in [-0.15, -0.1) is 0 Å². The number of rotatable bonds is 9. The highest BCUT2D eigenvalue weighted by Crippen LogP contribution is 2.19. The van der Waals surface area contributed by atoms with E-state index < -0.39 is 0 Å². The number of para-hydroxylation sites is 1. The summed E-state index contributed by atoms with van der Waals surface area (Å²) in [6.07, 6.45) is 8.26. The monoisotopic (exact) mass is 309 g/mol. The van der Waals surface area contributed by atoms with Crippen molar-refractivity contribution in [3.05, 3.63) is 59.7 Å². The number of benzene rings is 2. The molecule has 0 heterocycles. The van der Waals surface area contributed by atoms with Crippen LogP contribution in [0.15, 0.2) is 53.5 Å². The van der Waals surface area contributed by atoms with E-state index in [2.05, 4.69) is 36.2 Å². The Labute approximate surface area is 140 Å². The molecule has 0 aromatic heterocycles. The Balaban J connectivity index is 1.95. The maximum absolute atomic E-state index is 5.62. The molecule has 0 saturated carbocycles. The molecule has 0 bridgehead atoms. The van der Waals surface area contributed by atoms with Crippen molar-refractivity contribution < 1.29 is 4.74 Å². The molecule has 0 saturated heterocycles. The molecule has 2 rings (SSSR count). The molecule has 0 fully saturated rings. The molecule has 23 heavy (non-hydrogen) atoms. The van der Waals surface area contributed by atoms with Crippen LogP contribution < -0.4 is 4.74 Å². The first-order chi connectivity index (χ1) is 11.3. The van der Waals surface area contributed by atoms with Gasteiger partial charge in [-0.05, 0) is 49.6 Å². The Kier molecular flexibility index (Phi) is 7.38. The summed E-state index contributed by atoms with van der Waals surface area (Å²) in [5, 5.41) is 0. The second-order valence-electron chi connectivity index (χ2n) is 5.71. The summed E-state index contributed by atoms with van der Waals surface area (Å²) in [6, 6.07) is 16.5. The fraction of sp³-hybridized carbons (Fsp3) is 0.381. The number of nitrogens with zero attached hydrogens (tertiary/aromatic N) is 1. The summed E-state index contributed by atoms with van der Waals surface area (Å²) in [4.78, 5) is 4.57. The molecular formula is C21H27NO. The van der Waals surface area contributed by atoms with Gasteiger partial charge in [0.2, 0.25) is 0 Å². The van der Waals surface area contributed by atoms with Crippen molar-refractivity contribution >= 4 is 11.9 Å². The molecule has 0 atom stereocenters. The molecule has 2 aromatic carbocycles. The first kappa shape index (κ1) is 17.3. The van der Waals surface area contributed by atoms with Crippen LogP contribution in [0.3, 0.4) is 0 Å². The standard InChI is InChI=1S/C21H27NO/c1-3-5-6-7-10-18-13-15-20(16-14-18)22-17-19-11-8-9-12-21(19)23-4-2/h8-9,11-17H,3-7,10H2,1-2H3. The number of hydrogen-bond acceptors (Lipinski definition) is 2. The average Bonchev–Trinajstić information content (AvgIpc) is 2.59. The molecule has 0 spiro atoms. The molecule has 2 nitrogen and oxygen atoms in total. The van der Waals surface area contributed by atoms with Gasteiger partial charge in [-0.1, -0.05) is 50.5 Å². The van der Waals surface area contributed by atoms with Crippen molar-refractivity contribution in [2.45, 2.75) is 46.0 Å². The third-order valence-electron chi connectivity index (χ3n) is 3.83. The topological polar surface area (TPSA) is 21.6 Å². The predicted octanol–water partition coefficient (Wildman–Crippen LogP) is 5.96. The molecule has 0 amide bonds. The highest BCUT2D eigenvalue weighted by molar-refractivity contribution is 5.85. The Hall–Kier alpha value is -2.09. The second kappa shape index (κ2) is 9.83. The molecular weight excluding hydrogens is 282 g/mol. The van der Waals surface area contributed by atoms with Crippen LogP contribution in [0.4, 0.5) is 5.69 Å². The minimum Gasteiger partial charge on any atom is -0.493 e. The first-order valence-electron chi connectivity index (χ1n) is 8.68. The third-order valence-corrected chi connectivity index (χ3v) is 3.83. The van der Waals surface area contributed by atoms with E-state index in [-0.39, 0.29) is 0 Å². The lowest BCUT2D eigenvalue weighted by Gasteiger charge is -2.06. The van der Waals surface area contributed by atoms with E-state index in [0.29, 0.717) is 6.61 Å². The number of ether oxygens (including phenoxy) is 1. The van der Waals surface area contributed by atoms with Crippen molar-refractivity contribution in [1.29, 1.82) is 0 Å². The van der Waals surface area contributed by atoms with Crippen LogP contribution in [0.2, 0.25) is 0 Å². The highest BCUT2D eigenvalue weighted by Gasteiger charge is 1.99. The van der Waals surface area contributed by atoms with Gasteiger partial charge in [0, 0.05) is 11.8 Å². The van der Waals surface area contributed by atoms with Crippen LogP contribution in [0.1, 0.15) is 50.7 Å². The lowest BCUT2D eigenvalue weighted by Crippen LogP contribution is -1.95. The van der Waals surface area contributed by atoms with Gasteiger partial charge >= 0.3 is 0 Å². The van der Waals surface area contributed by atoms with Gasteiger partial charge in [0.25, 0.3) is 0 Å². The molecule has 0 radical (unpaired) electrons. The molecule has 0 aliphatic carbocycles. The van der Waals surface area contributed by atoms with Crippen molar-refractivity contribution in [3.8, 4) is 5.75 Å². The smallest absolute Gasteiger partial charge is 0.128 e. The lowest BCUT2D eigenvalue weighted by molar-refractivity contribution is 0.340. The number of aliphatic imine (C=N–C) groups is 1. The van der Waals surface area contributed by atoms with E-state index in [9.17, 15) is 0 Å². The van der Waals surface area contributed by atoms with E-state index in [0.717, 1.165) is 23.4 Å². The van der Waals surface area contributed by atoms with Gasteiger partial charge in [-0.3, -0.25) is 4.99 Å². The maximum Gasteiger partial charge on any atom is 0.128 e. The largest absolute Gasteiger partial charge is 0.493 e. The van der Waals surface area contributed by atoms with Crippen LogP contribution in [0.25, 0.3) is 0 Å². The van der Waals surface area contributed by atoms with Gasteiger partial charge < -0.3 is 4.74 Å². The Morgan fingerprint density at radius 2 is 1.70 bits per heavy atom. The number of aryl methyl sites for hydroxylation is 1. The first-order valence-corrected chi connectivity index (χ1v) is 8.68. The number of unbranched alkanes of at least 4 members (excludes halogenated alkanes) is 3. The molecule has 2 aromatic rings. The second-order valence-corrected chi connectivity index (χ2v) is 5.71. The molecule has 0 aliphatic heterocycles. The summed E-state index contributed by atoms with van der Waals surface area (Å²) in [5.41, 5.74) is 3.39. The van der Waals surface area contributed by atoms with Crippen LogP contribution in [0.5, 0.6) is 5.75 Å². The van der Waals surface area contributed by atoms with Crippen molar-refractivity contribution in [3.63, 3.8) is 0 Å². The van der Waals surface area contributed by atoms with Crippen LogP contribution >= 0.6 is 0 Å². The van der Waals surface area contributed by atoms with Crippen molar-refractivity contribution in [2.75, 3.05) is 6.61 Å². The Bertz CT molecular complexity index is 601. The zero-order valence-electron chi connectivity index (χ0n) is 14.3. The fourth-order valence-electron chi connectivity index (χ4n) is 2.52. The zero-order chi connectivity index (χ0) is 16.3. The zero-order valence-corrected chi connectivity index (χ0v) is 14.3. The van der Waals surface area contributed by atoms with Gasteiger partial charge in [0.05, 0.1) is 12.3 Å². The highest BCUT2D eigenvalue weighted by atomic mass is 16.5. The molecule has 122 valence electrons. The maximum atomic E-state index is 5.62. The van der Waals surface area contributed by atoms with Crippen molar-refractivity contribution in [2.24, 2.45) is 4.99 Å². The minimum absolute atomic E-state index is 0.664. The number of hydrogen-bond donors (Lipinski definition) is 0. The SMILES string of the molecule is CCCCCCc1ccc(N=Cc2ccccc2OCC)cc1. The van der Waals surface area contributed by atoms with Crippen LogP contribution in [-0.2, 0) is 6.42 Å². The summed E-state index contributed by atoms with van der Waals surface area (Å²) in [7, 11) is 0. The van der Waals surface area contributed by atoms with Crippen LogP contribution in [0, 0.1) is 0 Å². The summed E-state index contributed by atoms with van der Waals surface area (Å²) < 4.78 is 5.62. The molecule has 0 unspecified atom stereocenters. The molecule has 2 heteroatoms.